The number of aryl methyl sites for hydroxylation is 1. The quantitative estimate of drug-likeness (QED) is 0.285. The first kappa shape index (κ1) is 23.3. The molecule has 0 aliphatic heterocycles. The van der Waals surface area contributed by atoms with Gasteiger partial charge < -0.3 is 15.0 Å². The highest BCUT2D eigenvalue weighted by Crippen LogP contribution is 2.37. The molecule has 1 saturated carbocycles. The van der Waals surface area contributed by atoms with E-state index in [4.69, 9.17) is 4.98 Å². The highest BCUT2D eigenvalue weighted by molar-refractivity contribution is 6.01. The molecule has 5 nitrogen and oxygen atoms in total. The van der Waals surface area contributed by atoms with E-state index in [2.05, 4.69) is 66.2 Å². The lowest BCUT2D eigenvalue weighted by Gasteiger charge is -2.27. The predicted molar refractivity (Wildman–Crippen MR) is 150 cm³/mol. The number of benzene rings is 3. The van der Waals surface area contributed by atoms with Crippen molar-refractivity contribution < 1.29 is 5.11 Å². The van der Waals surface area contributed by atoms with Crippen LogP contribution >= 0.6 is 0 Å². The molecule has 0 amide bonds. The highest BCUT2D eigenvalue weighted by Gasteiger charge is 2.21. The average Bonchev–Trinajstić information content (AvgIpc) is 3.19. The van der Waals surface area contributed by atoms with Gasteiger partial charge in [0.1, 0.15) is 6.07 Å². The van der Waals surface area contributed by atoms with Gasteiger partial charge in [-0.25, -0.2) is 0 Å². The Labute approximate surface area is 217 Å². The number of nitrogens with one attached hydrogen (secondary N) is 1. The van der Waals surface area contributed by atoms with E-state index >= 15 is 0 Å². The zero-order valence-corrected chi connectivity index (χ0v) is 21.2. The number of pyridine rings is 1. The lowest BCUT2D eigenvalue weighted by atomic mass is 9.93. The second kappa shape index (κ2) is 9.38. The van der Waals surface area contributed by atoms with Crippen molar-refractivity contribution >= 4 is 27.5 Å². The minimum absolute atomic E-state index is 0.205. The molecule has 0 saturated heterocycles. The number of para-hydroxylation sites is 1. The van der Waals surface area contributed by atoms with Gasteiger partial charge in [-0.2, -0.15) is 5.26 Å². The Hall–Kier alpha value is -4.14. The minimum atomic E-state index is -0.205. The Morgan fingerprint density at radius 1 is 0.973 bits per heavy atom. The smallest absolute Gasteiger partial charge is 0.101 e. The molecule has 0 spiro atoms. The fourth-order valence-corrected chi connectivity index (χ4v) is 5.77. The maximum Gasteiger partial charge on any atom is 0.101 e. The van der Waals surface area contributed by atoms with Crippen molar-refractivity contribution in [2.45, 2.75) is 51.7 Å². The first-order valence-corrected chi connectivity index (χ1v) is 13.0. The van der Waals surface area contributed by atoms with Gasteiger partial charge >= 0.3 is 0 Å². The summed E-state index contributed by atoms with van der Waals surface area (Å²) in [6.07, 6.45) is 5.17. The van der Waals surface area contributed by atoms with E-state index < -0.39 is 0 Å². The fraction of sp³-hybridized carbons (Fsp3) is 0.250. The van der Waals surface area contributed by atoms with Gasteiger partial charge in [-0.05, 0) is 87.1 Å². The van der Waals surface area contributed by atoms with Gasteiger partial charge in [-0.1, -0.05) is 30.3 Å². The SMILES string of the molecule is Cc1c(C)n(-c2ccc(C#N)c(N[C@H]3CC[C@H](O)CC3)c2)c2cccc(-c3cnc4ccccc4c3)c12. The second-order valence-corrected chi connectivity index (χ2v) is 10.2. The summed E-state index contributed by atoms with van der Waals surface area (Å²) in [5.41, 5.74) is 9.34. The van der Waals surface area contributed by atoms with Gasteiger partial charge in [0.25, 0.3) is 0 Å². The molecule has 2 heterocycles. The van der Waals surface area contributed by atoms with Crippen molar-refractivity contribution in [3.8, 4) is 22.9 Å². The third kappa shape index (κ3) is 4.14. The predicted octanol–water partition coefficient (Wildman–Crippen LogP) is 7.05. The molecule has 1 aliphatic rings. The van der Waals surface area contributed by atoms with E-state index in [1.54, 1.807) is 0 Å². The summed E-state index contributed by atoms with van der Waals surface area (Å²) in [6.45, 7) is 4.34. The number of nitrogens with zero attached hydrogens (tertiary/aromatic N) is 3. The van der Waals surface area contributed by atoms with Gasteiger partial charge in [-0.15, -0.1) is 0 Å². The zero-order chi connectivity index (χ0) is 25.5. The van der Waals surface area contributed by atoms with Crippen LogP contribution in [0.2, 0.25) is 0 Å². The van der Waals surface area contributed by atoms with Crippen molar-refractivity contribution in [2.24, 2.45) is 0 Å². The molecule has 5 heteroatoms. The van der Waals surface area contributed by atoms with Crippen LogP contribution in [0, 0.1) is 25.2 Å². The molecule has 5 aromatic rings. The third-order valence-corrected chi connectivity index (χ3v) is 7.88. The molecule has 0 unspecified atom stereocenters. The number of aliphatic hydroxyl groups is 1. The Balaban J connectivity index is 1.46. The zero-order valence-electron chi connectivity index (χ0n) is 21.2. The molecule has 3 aromatic carbocycles. The summed E-state index contributed by atoms with van der Waals surface area (Å²) in [5.74, 6) is 0. The number of nitriles is 1. The molecule has 1 aliphatic carbocycles. The third-order valence-electron chi connectivity index (χ3n) is 7.88. The van der Waals surface area contributed by atoms with E-state index in [9.17, 15) is 10.4 Å². The standard InChI is InChI=1S/C32H30N4O/c1-20-21(2)36(26-13-10-23(18-33)30(17-26)35-25-11-14-27(37)15-12-25)31-9-5-7-28(32(20)31)24-16-22-6-3-4-8-29(22)34-19-24/h3-10,13,16-17,19,25,27,35,37H,11-12,14-15H2,1-2H3/t25-,27-. The number of hydrogen-bond acceptors (Lipinski definition) is 4. The lowest BCUT2D eigenvalue weighted by molar-refractivity contribution is 0.126. The van der Waals surface area contributed by atoms with Crippen LogP contribution in [0.3, 0.4) is 0 Å². The number of anilines is 1. The molecular weight excluding hydrogens is 456 g/mol. The Morgan fingerprint density at radius 3 is 2.59 bits per heavy atom. The van der Waals surface area contributed by atoms with Gasteiger partial charge in [-0.3, -0.25) is 4.98 Å². The van der Waals surface area contributed by atoms with Gasteiger partial charge in [0.05, 0.1) is 28.4 Å². The summed E-state index contributed by atoms with van der Waals surface area (Å²) in [7, 11) is 0. The summed E-state index contributed by atoms with van der Waals surface area (Å²) in [4.78, 5) is 4.71. The molecule has 1 fully saturated rings. The number of hydrogen-bond donors (Lipinski definition) is 2. The van der Waals surface area contributed by atoms with Gasteiger partial charge in [0.2, 0.25) is 0 Å². The molecule has 6 rings (SSSR count). The van der Waals surface area contributed by atoms with Crippen LogP contribution < -0.4 is 5.32 Å². The monoisotopic (exact) mass is 486 g/mol. The molecule has 0 radical (unpaired) electrons. The lowest BCUT2D eigenvalue weighted by Crippen LogP contribution is -2.28. The van der Waals surface area contributed by atoms with Gasteiger partial charge in [0.15, 0.2) is 0 Å². The summed E-state index contributed by atoms with van der Waals surface area (Å²) in [5, 5.41) is 25.6. The van der Waals surface area contributed by atoms with E-state index in [-0.39, 0.29) is 12.1 Å². The molecule has 0 bridgehead atoms. The van der Waals surface area contributed by atoms with Crippen molar-refractivity contribution in [3.05, 3.63) is 89.7 Å². The van der Waals surface area contributed by atoms with Crippen molar-refractivity contribution in [1.29, 1.82) is 5.26 Å². The first-order chi connectivity index (χ1) is 18.0. The number of rotatable bonds is 4. The van der Waals surface area contributed by atoms with Crippen LogP contribution in [0.15, 0.2) is 72.9 Å². The molecule has 184 valence electrons. The van der Waals surface area contributed by atoms with E-state index in [0.717, 1.165) is 59.0 Å². The van der Waals surface area contributed by atoms with E-state index in [1.807, 2.05) is 36.5 Å². The Bertz CT molecular complexity index is 1670. The first-order valence-electron chi connectivity index (χ1n) is 13.0. The maximum atomic E-state index is 9.89. The second-order valence-electron chi connectivity index (χ2n) is 10.2. The molecule has 2 N–H and O–H groups in total. The van der Waals surface area contributed by atoms with Crippen LogP contribution in [0.25, 0.3) is 38.6 Å². The molecule has 37 heavy (non-hydrogen) atoms. The summed E-state index contributed by atoms with van der Waals surface area (Å²) < 4.78 is 2.29. The summed E-state index contributed by atoms with van der Waals surface area (Å²) >= 11 is 0. The highest BCUT2D eigenvalue weighted by atomic mass is 16.3. The minimum Gasteiger partial charge on any atom is -0.393 e. The summed E-state index contributed by atoms with van der Waals surface area (Å²) in [6, 6.07) is 25.5. The topological polar surface area (TPSA) is 73.9 Å². The van der Waals surface area contributed by atoms with Crippen LogP contribution in [-0.4, -0.2) is 26.8 Å². The van der Waals surface area contributed by atoms with Crippen molar-refractivity contribution in [3.63, 3.8) is 0 Å². The molecule has 2 aromatic heterocycles. The molecule has 0 atom stereocenters. The average molecular weight is 487 g/mol. The van der Waals surface area contributed by atoms with Crippen molar-refractivity contribution in [1.82, 2.24) is 9.55 Å². The largest absolute Gasteiger partial charge is 0.393 e. The Kier molecular flexibility index (Phi) is 5.90. The van der Waals surface area contributed by atoms with Crippen LogP contribution in [0.5, 0.6) is 0 Å². The van der Waals surface area contributed by atoms with Crippen LogP contribution in [-0.2, 0) is 0 Å². The van der Waals surface area contributed by atoms with Crippen LogP contribution in [0.4, 0.5) is 5.69 Å². The Morgan fingerprint density at radius 2 is 1.78 bits per heavy atom. The van der Waals surface area contributed by atoms with E-state index in [0.29, 0.717) is 5.56 Å². The number of aliphatic hydroxyl groups excluding tert-OH is 1. The van der Waals surface area contributed by atoms with E-state index in [1.165, 1.54) is 22.2 Å². The van der Waals surface area contributed by atoms with Crippen molar-refractivity contribution in [2.75, 3.05) is 5.32 Å². The number of fused-ring (bicyclic) bond motifs is 2. The molecular formula is C32H30N4O. The normalized spacial score (nSPS) is 17.7. The fourth-order valence-electron chi connectivity index (χ4n) is 5.77. The number of aromatic nitrogens is 2. The van der Waals surface area contributed by atoms with Gasteiger partial charge in [0, 0.05) is 40.0 Å². The maximum absolute atomic E-state index is 9.89. The van der Waals surface area contributed by atoms with Crippen LogP contribution in [0.1, 0.15) is 42.5 Å².